The molecule has 0 radical (unpaired) electrons. The maximum atomic E-state index is 12.4. The number of carbonyl (C=O) groups excluding carboxylic acids is 1. The molecule has 1 heterocycles. The van der Waals surface area contributed by atoms with E-state index in [-0.39, 0.29) is 36.9 Å². The molecular formula is C13H23NO4. The number of aliphatic carboxylic acids is 1. The fourth-order valence-corrected chi connectivity index (χ4v) is 2.30. The molecule has 1 fully saturated rings. The largest absolute Gasteiger partial charge is 0.481 e. The van der Waals surface area contributed by atoms with Crippen LogP contribution in [-0.4, -0.2) is 47.2 Å². The first-order chi connectivity index (χ1) is 8.41. The van der Waals surface area contributed by atoms with Crippen LogP contribution in [-0.2, 0) is 14.3 Å². The van der Waals surface area contributed by atoms with E-state index in [9.17, 15) is 9.59 Å². The lowest BCUT2D eigenvalue weighted by molar-refractivity contribution is -0.144. The standard InChI is InChI=1S/C13H23NO4/c1-9(2)14(6-4-12(15)16)13(17)11-5-7-18-10(3)8-11/h9-11H,4-8H2,1-3H3,(H,15,16). The third kappa shape index (κ3) is 4.29. The molecule has 2 atom stereocenters. The minimum Gasteiger partial charge on any atom is -0.481 e. The van der Waals surface area contributed by atoms with Crippen molar-refractivity contribution in [3.63, 3.8) is 0 Å². The molecule has 18 heavy (non-hydrogen) atoms. The monoisotopic (exact) mass is 257 g/mol. The third-order valence-corrected chi connectivity index (χ3v) is 3.31. The maximum absolute atomic E-state index is 12.4. The Morgan fingerprint density at radius 3 is 2.61 bits per heavy atom. The molecule has 1 rings (SSSR count). The average molecular weight is 257 g/mol. The van der Waals surface area contributed by atoms with E-state index in [0.29, 0.717) is 6.61 Å². The fourth-order valence-electron chi connectivity index (χ4n) is 2.30. The van der Waals surface area contributed by atoms with Crippen LogP contribution in [0.3, 0.4) is 0 Å². The van der Waals surface area contributed by atoms with Gasteiger partial charge in [-0.2, -0.15) is 0 Å². The molecule has 0 saturated carbocycles. The summed E-state index contributed by atoms with van der Waals surface area (Å²) in [7, 11) is 0. The van der Waals surface area contributed by atoms with Gasteiger partial charge in [-0.05, 0) is 33.6 Å². The van der Waals surface area contributed by atoms with Gasteiger partial charge in [-0.1, -0.05) is 0 Å². The Morgan fingerprint density at radius 2 is 2.11 bits per heavy atom. The Labute approximate surface area is 108 Å². The Bertz CT molecular complexity index is 303. The molecule has 1 aliphatic heterocycles. The lowest BCUT2D eigenvalue weighted by atomic mass is 9.94. The van der Waals surface area contributed by atoms with Crippen molar-refractivity contribution in [2.75, 3.05) is 13.2 Å². The lowest BCUT2D eigenvalue weighted by Gasteiger charge is -2.33. The zero-order valence-corrected chi connectivity index (χ0v) is 11.4. The van der Waals surface area contributed by atoms with E-state index >= 15 is 0 Å². The number of nitrogens with zero attached hydrogens (tertiary/aromatic N) is 1. The summed E-state index contributed by atoms with van der Waals surface area (Å²) >= 11 is 0. The Balaban J connectivity index is 2.60. The number of hydrogen-bond acceptors (Lipinski definition) is 3. The van der Waals surface area contributed by atoms with Gasteiger partial charge in [-0.15, -0.1) is 0 Å². The molecular weight excluding hydrogens is 234 g/mol. The van der Waals surface area contributed by atoms with Crippen molar-refractivity contribution in [2.24, 2.45) is 5.92 Å². The van der Waals surface area contributed by atoms with Crippen molar-refractivity contribution in [3.05, 3.63) is 0 Å². The van der Waals surface area contributed by atoms with Gasteiger partial charge in [0.05, 0.1) is 12.5 Å². The first kappa shape index (κ1) is 15.0. The van der Waals surface area contributed by atoms with Gasteiger partial charge in [-0.3, -0.25) is 9.59 Å². The highest BCUT2D eigenvalue weighted by Gasteiger charge is 2.30. The zero-order chi connectivity index (χ0) is 13.7. The SMILES string of the molecule is CC1CC(C(=O)N(CCC(=O)O)C(C)C)CCO1. The molecule has 1 aliphatic rings. The predicted molar refractivity (Wildman–Crippen MR) is 67.2 cm³/mol. The molecule has 2 unspecified atom stereocenters. The molecule has 0 aliphatic carbocycles. The number of hydrogen-bond donors (Lipinski definition) is 1. The van der Waals surface area contributed by atoms with E-state index in [0.717, 1.165) is 12.8 Å². The van der Waals surface area contributed by atoms with Crippen LogP contribution in [0.5, 0.6) is 0 Å². The Kier molecular flexibility index (Phi) is 5.59. The molecule has 0 spiro atoms. The summed E-state index contributed by atoms with van der Waals surface area (Å²) in [6.07, 6.45) is 1.58. The van der Waals surface area contributed by atoms with Crippen molar-refractivity contribution >= 4 is 11.9 Å². The molecule has 0 aromatic rings. The number of amides is 1. The van der Waals surface area contributed by atoms with Crippen molar-refractivity contribution in [1.82, 2.24) is 4.90 Å². The second-order valence-electron chi connectivity index (χ2n) is 5.17. The second kappa shape index (κ2) is 6.73. The van der Waals surface area contributed by atoms with E-state index in [1.807, 2.05) is 20.8 Å². The molecule has 1 amide bonds. The van der Waals surface area contributed by atoms with Gasteiger partial charge >= 0.3 is 5.97 Å². The van der Waals surface area contributed by atoms with Crippen LogP contribution in [0, 0.1) is 5.92 Å². The lowest BCUT2D eigenvalue weighted by Crippen LogP contribution is -2.44. The average Bonchev–Trinajstić information content (AvgIpc) is 2.28. The van der Waals surface area contributed by atoms with E-state index in [4.69, 9.17) is 9.84 Å². The predicted octanol–water partition coefficient (Wildman–Crippen LogP) is 1.51. The molecule has 1 saturated heterocycles. The van der Waals surface area contributed by atoms with Crippen molar-refractivity contribution < 1.29 is 19.4 Å². The summed E-state index contributed by atoms with van der Waals surface area (Å²) in [6.45, 7) is 6.71. The van der Waals surface area contributed by atoms with Gasteiger partial charge < -0.3 is 14.7 Å². The molecule has 104 valence electrons. The van der Waals surface area contributed by atoms with Crippen LogP contribution in [0.1, 0.15) is 40.0 Å². The molecule has 5 nitrogen and oxygen atoms in total. The van der Waals surface area contributed by atoms with Crippen LogP contribution in [0.15, 0.2) is 0 Å². The number of carboxylic acids is 1. The first-order valence-corrected chi connectivity index (χ1v) is 6.55. The maximum Gasteiger partial charge on any atom is 0.305 e. The highest BCUT2D eigenvalue weighted by atomic mass is 16.5. The molecule has 0 aromatic heterocycles. The minimum atomic E-state index is -0.867. The zero-order valence-electron chi connectivity index (χ0n) is 11.4. The first-order valence-electron chi connectivity index (χ1n) is 6.55. The number of carboxylic acid groups (broad SMARTS) is 1. The minimum absolute atomic E-state index is 0.00267. The molecule has 0 aromatic carbocycles. The normalized spacial score (nSPS) is 24.0. The number of carbonyl (C=O) groups is 2. The van der Waals surface area contributed by atoms with Crippen LogP contribution >= 0.6 is 0 Å². The summed E-state index contributed by atoms with van der Waals surface area (Å²) < 4.78 is 5.43. The summed E-state index contributed by atoms with van der Waals surface area (Å²) in [5, 5.41) is 8.72. The van der Waals surface area contributed by atoms with Gasteiger partial charge in [0.15, 0.2) is 0 Å². The van der Waals surface area contributed by atoms with Crippen molar-refractivity contribution in [3.8, 4) is 0 Å². The summed E-state index contributed by atoms with van der Waals surface area (Å²) in [5.41, 5.74) is 0. The van der Waals surface area contributed by atoms with Crippen molar-refractivity contribution in [1.29, 1.82) is 0 Å². The molecule has 0 bridgehead atoms. The van der Waals surface area contributed by atoms with E-state index in [2.05, 4.69) is 0 Å². The van der Waals surface area contributed by atoms with Crippen LogP contribution < -0.4 is 0 Å². The smallest absolute Gasteiger partial charge is 0.305 e. The fraction of sp³-hybridized carbons (Fsp3) is 0.846. The van der Waals surface area contributed by atoms with Crippen LogP contribution in [0.4, 0.5) is 0 Å². The van der Waals surface area contributed by atoms with E-state index < -0.39 is 5.97 Å². The second-order valence-corrected chi connectivity index (χ2v) is 5.17. The summed E-state index contributed by atoms with van der Waals surface area (Å²) in [4.78, 5) is 24.7. The highest BCUT2D eigenvalue weighted by molar-refractivity contribution is 5.80. The Morgan fingerprint density at radius 1 is 1.44 bits per heavy atom. The van der Waals surface area contributed by atoms with Gasteiger partial charge in [-0.25, -0.2) is 0 Å². The molecule has 5 heteroatoms. The quantitative estimate of drug-likeness (QED) is 0.810. The van der Waals surface area contributed by atoms with Gasteiger partial charge in [0.25, 0.3) is 0 Å². The van der Waals surface area contributed by atoms with Gasteiger partial charge in [0.2, 0.25) is 5.91 Å². The van der Waals surface area contributed by atoms with Gasteiger partial charge in [0.1, 0.15) is 0 Å². The Hall–Kier alpha value is -1.10. The van der Waals surface area contributed by atoms with Crippen LogP contribution in [0.25, 0.3) is 0 Å². The van der Waals surface area contributed by atoms with Gasteiger partial charge in [0, 0.05) is 25.1 Å². The topological polar surface area (TPSA) is 66.8 Å². The number of ether oxygens (including phenoxy) is 1. The summed E-state index contributed by atoms with van der Waals surface area (Å²) in [6, 6.07) is 0.0370. The third-order valence-electron chi connectivity index (χ3n) is 3.31. The van der Waals surface area contributed by atoms with Crippen molar-refractivity contribution in [2.45, 2.75) is 52.2 Å². The van der Waals surface area contributed by atoms with E-state index in [1.165, 1.54) is 0 Å². The molecule has 1 N–H and O–H groups in total. The number of rotatable bonds is 5. The van der Waals surface area contributed by atoms with Crippen LogP contribution in [0.2, 0.25) is 0 Å². The highest BCUT2D eigenvalue weighted by Crippen LogP contribution is 2.23. The summed E-state index contributed by atoms with van der Waals surface area (Å²) in [5.74, 6) is -0.819. The van der Waals surface area contributed by atoms with E-state index in [1.54, 1.807) is 4.90 Å².